The summed E-state index contributed by atoms with van der Waals surface area (Å²) in [7, 11) is 0. The van der Waals surface area contributed by atoms with Crippen LogP contribution < -0.4 is 4.84 Å². The molecule has 27 heavy (non-hydrogen) atoms. The second-order valence-corrected chi connectivity index (χ2v) is 6.90. The van der Waals surface area contributed by atoms with E-state index in [1.807, 2.05) is 74.5 Å². The molecular formula is C24H25NO2. The zero-order valence-electron chi connectivity index (χ0n) is 16.1. The maximum absolute atomic E-state index is 13.0. The van der Waals surface area contributed by atoms with Crippen molar-refractivity contribution in [2.24, 2.45) is 0 Å². The Hall–Kier alpha value is -3.07. The lowest BCUT2D eigenvalue weighted by atomic mass is 10.1. The molecule has 0 aliphatic carbocycles. The van der Waals surface area contributed by atoms with E-state index in [1.165, 1.54) is 10.6 Å². The van der Waals surface area contributed by atoms with E-state index in [0.717, 1.165) is 28.0 Å². The number of hydroxylamine groups is 2. The zero-order chi connectivity index (χ0) is 19.2. The van der Waals surface area contributed by atoms with Crippen LogP contribution in [-0.2, 0) is 17.8 Å². The highest BCUT2D eigenvalue weighted by Gasteiger charge is 2.19. The van der Waals surface area contributed by atoms with Gasteiger partial charge in [0, 0.05) is 0 Å². The Morgan fingerprint density at radius 1 is 0.815 bits per heavy atom. The topological polar surface area (TPSA) is 29.5 Å². The first-order valence-electron chi connectivity index (χ1n) is 9.17. The number of hydrogen-bond donors (Lipinski definition) is 0. The van der Waals surface area contributed by atoms with Crippen LogP contribution in [0.3, 0.4) is 0 Å². The van der Waals surface area contributed by atoms with Gasteiger partial charge in [-0.25, -0.2) is 0 Å². The van der Waals surface area contributed by atoms with Gasteiger partial charge in [0.15, 0.2) is 5.75 Å². The van der Waals surface area contributed by atoms with Crippen molar-refractivity contribution < 1.29 is 9.63 Å². The summed E-state index contributed by atoms with van der Waals surface area (Å²) in [4.78, 5) is 19.2. The van der Waals surface area contributed by atoms with Crippen LogP contribution in [0, 0.1) is 20.8 Å². The van der Waals surface area contributed by atoms with E-state index in [4.69, 9.17) is 4.84 Å². The second kappa shape index (κ2) is 8.54. The van der Waals surface area contributed by atoms with E-state index in [0.29, 0.717) is 13.0 Å². The van der Waals surface area contributed by atoms with E-state index in [9.17, 15) is 4.79 Å². The van der Waals surface area contributed by atoms with E-state index in [-0.39, 0.29) is 5.91 Å². The normalized spacial score (nSPS) is 10.5. The van der Waals surface area contributed by atoms with Crippen LogP contribution in [0.25, 0.3) is 0 Å². The van der Waals surface area contributed by atoms with Crippen LogP contribution in [-0.4, -0.2) is 11.0 Å². The van der Waals surface area contributed by atoms with Gasteiger partial charge in [0.1, 0.15) is 0 Å². The van der Waals surface area contributed by atoms with Gasteiger partial charge in [-0.1, -0.05) is 78.4 Å². The summed E-state index contributed by atoms with van der Waals surface area (Å²) in [6.07, 6.45) is 0.303. The van der Waals surface area contributed by atoms with Gasteiger partial charge in [0.2, 0.25) is 0 Å². The molecule has 0 aliphatic heterocycles. The number of aryl methyl sites for hydroxylation is 3. The fourth-order valence-corrected chi connectivity index (χ4v) is 3.20. The molecule has 0 saturated carbocycles. The van der Waals surface area contributed by atoms with E-state index < -0.39 is 0 Å². The molecule has 0 heterocycles. The number of carbonyl (C=O) groups excluding carboxylic acids is 1. The molecule has 0 radical (unpaired) electrons. The molecule has 0 bridgehead atoms. The quantitative estimate of drug-likeness (QED) is 0.568. The van der Waals surface area contributed by atoms with Crippen molar-refractivity contribution in [3.8, 4) is 5.75 Å². The Labute approximate surface area is 161 Å². The monoisotopic (exact) mass is 359 g/mol. The molecule has 3 nitrogen and oxygen atoms in total. The van der Waals surface area contributed by atoms with Gasteiger partial charge in [0.25, 0.3) is 5.91 Å². The van der Waals surface area contributed by atoms with E-state index >= 15 is 0 Å². The number of amides is 1. The van der Waals surface area contributed by atoms with Crippen LogP contribution >= 0.6 is 0 Å². The fourth-order valence-electron chi connectivity index (χ4n) is 3.20. The Morgan fingerprint density at radius 3 is 1.89 bits per heavy atom. The highest BCUT2D eigenvalue weighted by molar-refractivity contribution is 5.78. The standard InChI is InChI=1S/C24H25NO2/c1-18-14-19(2)24(20(3)15-18)27-25(17-22-12-8-5-9-13-22)23(26)16-21-10-6-4-7-11-21/h4-15H,16-17H2,1-3H3. The number of benzene rings is 3. The fraction of sp³-hybridized carbons (Fsp3) is 0.208. The van der Waals surface area contributed by atoms with Crippen LogP contribution in [0.2, 0.25) is 0 Å². The molecule has 0 aliphatic rings. The maximum Gasteiger partial charge on any atom is 0.259 e. The van der Waals surface area contributed by atoms with Crippen LogP contribution in [0.1, 0.15) is 27.8 Å². The minimum absolute atomic E-state index is 0.0653. The molecular weight excluding hydrogens is 334 g/mol. The Bertz CT molecular complexity index is 881. The smallest absolute Gasteiger partial charge is 0.259 e. The van der Waals surface area contributed by atoms with Gasteiger partial charge in [-0.2, -0.15) is 5.06 Å². The number of carbonyl (C=O) groups is 1. The molecule has 3 aromatic rings. The lowest BCUT2D eigenvalue weighted by Crippen LogP contribution is -2.35. The summed E-state index contributed by atoms with van der Waals surface area (Å²) < 4.78 is 0. The molecule has 0 fully saturated rings. The Morgan fingerprint density at radius 2 is 1.33 bits per heavy atom. The summed E-state index contributed by atoms with van der Waals surface area (Å²) in [5.74, 6) is 0.683. The SMILES string of the molecule is Cc1cc(C)c(ON(Cc2ccccc2)C(=O)Cc2ccccc2)c(C)c1. The van der Waals surface area contributed by atoms with E-state index in [2.05, 4.69) is 19.1 Å². The molecule has 0 N–H and O–H groups in total. The lowest BCUT2D eigenvalue weighted by molar-refractivity contribution is -0.159. The third kappa shape index (κ3) is 4.98. The highest BCUT2D eigenvalue weighted by Crippen LogP contribution is 2.26. The van der Waals surface area contributed by atoms with Gasteiger partial charge in [-0.15, -0.1) is 0 Å². The second-order valence-electron chi connectivity index (χ2n) is 6.90. The lowest BCUT2D eigenvalue weighted by Gasteiger charge is -2.25. The molecule has 0 atom stereocenters. The largest absolute Gasteiger partial charge is 0.376 e. The van der Waals surface area contributed by atoms with Crippen molar-refractivity contribution in [3.63, 3.8) is 0 Å². The van der Waals surface area contributed by atoms with Crippen molar-refractivity contribution in [1.29, 1.82) is 0 Å². The predicted molar refractivity (Wildman–Crippen MR) is 108 cm³/mol. The third-order valence-electron chi connectivity index (χ3n) is 4.45. The summed E-state index contributed by atoms with van der Waals surface area (Å²) in [5.41, 5.74) is 5.24. The van der Waals surface area contributed by atoms with Crippen molar-refractivity contribution in [3.05, 3.63) is 101 Å². The molecule has 0 saturated heterocycles. The third-order valence-corrected chi connectivity index (χ3v) is 4.45. The molecule has 3 heteroatoms. The van der Waals surface area contributed by atoms with Gasteiger partial charge < -0.3 is 4.84 Å². The molecule has 3 rings (SSSR count). The summed E-state index contributed by atoms with van der Waals surface area (Å²) >= 11 is 0. The molecule has 3 aromatic carbocycles. The average Bonchev–Trinajstić information content (AvgIpc) is 2.65. The molecule has 0 aromatic heterocycles. The summed E-state index contributed by atoms with van der Waals surface area (Å²) in [6, 6.07) is 23.8. The number of nitrogens with zero attached hydrogens (tertiary/aromatic N) is 1. The van der Waals surface area contributed by atoms with Crippen molar-refractivity contribution in [1.82, 2.24) is 5.06 Å². The highest BCUT2D eigenvalue weighted by atomic mass is 16.7. The van der Waals surface area contributed by atoms with Crippen LogP contribution in [0.15, 0.2) is 72.8 Å². The van der Waals surface area contributed by atoms with Gasteiger partial charge in [-0.05, 0) is 43.0 Å². The average molecular weight is 359 g/mol. The first kappa shape index (κ1) is 18.7. The van der Waals surface area contributed by atoms with Crippen molar-refractivity contribution >= 4 is 5.91 Å². The van der Waals surface area contributed by atoms with Gasteiger partial charge in [-0.3, -0.25) is 4.79 Å². The first-order valence-corrected chi connectivity index (χ1v) is 9.17. The molecule has 0 unspecified atom stereocenters. The first-order chi connectivity index (χ1) is 13.0. The van der Waals surface area contributed by atoms with Crippen LogP contribution in [0.5, 0.6) is 5.75 Å². The van der Waals surface area contributed by atoms with Crippen LogP contribution in [0.4, 0.5) is 0 Å². The minimum Gasteiger partial charge on any atom is -0.376 e. The van der Waals surface area contributed by atoms with E-state index in [1.54, 1.807) is 0 Å². The Kier molecular flexibility index (Phi) is 5.92. The van der Waals surface area contributed by atoms with Gasteiger partial charge >= 0.3 is 0 Å². The summed E-state index contributed by atoms with van der Waals surface area (Å²) in [5, 5.41) is 1.48. The Balaban J connectivity index is 1.86. The molecule has 0 spiro atoms. The van der Waals surface area contributed by atoms with Crippen molar-refractivity contribution in [2.75, 3.05) is 0 Å². The molecule has 1 amide bonds. The number of rotatable bonds is 6. The summed E-state index contributed by atoms with van der Waals surface area (Å²) in [6.45, 7) is 6.49. The van der Waals surface area contributed by atoms with Crippen molar-refractivity contribution in [2.45, 2.75) is 33.7 Å². The minimum atomic E-state index is -0.0653. The zero-order valence-corrected chi connectivity index (χ0v) is 16.1. The maximum atomic E-state index is 13.0. The van der Waals surface area contributed by atoms with Gasteiger partial charge in [0.05, 0.1) is 13.0 Å². The molecule has 138 valence electrons. The number of hydrogen-bond acceptors (Lipinski definition) is 2. The predicted octanol–water partition coefficient (Wildman–Crippen LogP) is 5.18.